The third-order valence-electron chi connectivity index (χ3n) is 1.50. The van der Waals surface area contributed by atoms with Gasteiger partial charge in [0.05, 0.1) is 6.10 Å². The molecule has 0 aliphatic carbocycles. The molecule has 1 aliphatic heterocycles. The fraction of sp³-hybridized carbons (Fsp3) is 1.00. The van der Waals surface area contributed by atoms with Crippen molar-refractivity contribution in [3.8, 4) is 0 Å². The predicted octanol–water partition coefficient (Wildman–Crippen LogP) is 1.57. The van der Waals surface area contributed by atoms with Gasteiger partial charge in [0.15, 0.2) is 6.29 Å². The lowest BCUT2D eigenvalue weighted by molar-refractivity contribution is -0.108. The Balaban J connectivity index is 2.20. The summed E-state index contributed by atoms with van der Waals surface area (Å²) in [7, 11) is 1.69. The molecule has 2 nitrogen and oxygen atoms in total. The Morgan fingerprint density at radius 3 is 2.78 bits per heavy atom. The number of hydrogen-bond donors (Lipinski definition) is 0. The summed E-state index contributed by atoms with van der Waals surface area (Å²) in [5.74, 6) is 0. The minimum atomic E-state index is 0.0739. The van der Waals surface area contributed by atoms with E-state index in [1.807, 2.05) is 0 Å². The van der Waals surface area contributed by atoms with Crippen LogP contribution >= 0.6 is 22.6 Å². The molecule has 2 atom stereocenters. The molecule has 0 N–H and O–H groups in total. The van der Waals surface area contributed by atoms with Crippen molar-refractivity contribution in [1.82, 2.24) is 0 Å². The van der Waals surface area contributed by atoms with E-state index >= 15 is 0 Å². The molecule has 0 spiro atoms. The second-order valence-corrected chi connectivity index (χ2v) is 3.04. The summed E-state index contributed by atoms with van der Waals surface area (Å²) in [6, 6.07) is 0. The average Bonchev–Trinajstić information content (AvgIpc) is 2.34. The minimum absolute atomic E-state index is 0.0739. The Kier molecular flexibility index (Phi) is 3.21. The van der Waals surface area contributed by atoms with Crippen molar-refractivity contribution < 1.29 is 9.47 Å². The zero-order valence-electron chi connectivity index (χ0n) is 5.47. The SMILES string of the molecule is CO[C@H]1CC[C@@H](CI)O1. The lowest BCUT2D eigenvalue weighted by Gasteiger charge is -2.08. The van der Waals surface area contributed by atoms with Crippen molar-refractivity contribution in [3.63, 3.8) is 0 Å². The molecular formula is C6H11IO2. The Labute approximate surface area is 69.0 Å². The van der Waals surface area contributed by atoms with Gasteiger partial charge in [-0.1, -0.05) is 22.6 Å². The molecule has 1 rings (SSSR count). The van der Waals surface area contributed by atoms with Gasteiger partial charge in [-0.3, -0.25) is 0 Å². The van der Waals surface area contributed by atoms with Crippen molar-refractivity contribution in [2.75, 3.05) is 11.5 Å². The van der Waals surface area contributed by atoms with E-state index in [4.69, 9.17) is 9.47 Å². The fourth-order valence-corrected chi connectivity index (χ4v) is 1.61. The zero-order valence-corrected chi connectivity index (χ0v) is 7.63. The normalized spacial score (nSPS) is 35.3. The van der Waals surface area contributed by atoms with Crippen molar-refractivity contribution in [2.24, 2.45) is 0 Å². The van der Waals surface area contributed by atoms with Crippen LogP contribution in [-0.2, 0) is 9.47 Å². The van der Waals surface area contributed by atoms with Crippen LogP contribution in [0.4, 0.5) is 0 Å². The van der Waals surface area contributed by atoms with Crippen LogP contribution in [0.25, 0.3) is 0 Å². The van der Waals surface area contributed by atoms with Crippen LogP contribution in [0.1, 0.15) is 12.8 Å². The maximum absolute atomic E-state index is 5.43. The molecule has 0 bridgehead atoms. The Bertz CT molecular complexity index is 77.1. The molecule has 1 aliphatic rings. The molecule has 1 heterocycles. The number of methoxy groups -OCH3 is 1. The summed E-state index contributed by atoms with van der Waals surface area (Å²) in [5, 5.41) is 0. The maximum atomic E-state index is 5.43. The van der Waals surface area contributed by atoms with E-state index in [-0.39, 0.29) is 6.29 Å². The van der Waals surface area contributed by atoms with E-state index in [1.165, 1.54) is 0 Å². The fourth-order valence-electron chi connectivity index (χ4n) is 0.960. The molecule has 9 heavy (non-hydrogen) atoms. The average molecular weight is 242 g/mol. The Morgan fingerprint density at radius 1 is 1.67 bits per heavy atom. The highest BCUT2D eigenvalue weighted by atomic mass is 127. The van der Waals surface area contributed by atoms with Crippen molar-refractivity contribution in [1.29, 1.82) is 0 Å². The number of ether oxygens (including phenoxy) is 2. The smallest absolute Gasteiger partial charge is 0.157 e. The predicted molar refractivity (Wildman–Crippen MR) is 43.8 cm³/mol. The van der Waals surface area contributed by atoms with Gasteiger partial charge in [-0.2, -0.15) is 0 Å². The Hall–Kier alpha value is 0.650. The van der Waals surface area contributed by atoms with Gasteiger partial charge < -0.3 is 9.47 Å². The largest absolute Gasteiger partial charge is 0.356 e. The first kappa shape index (κ1) is 7.75. The third-order valence-corrected chi connectivity index (χ3v) is 2.49. The number of hydrogen-bond acceptors (Lipinski definition) is 2. The topological polar surface area (TPSA) is 18.5 Å². The van der Waals surface area contributed by atoms with Crippen molar-refractivity contribution >= 4 is 22.6 Å². The van der Waals surface area contributed by atoms with Crippen LogP contribution in [0.2, 0.25) is 0 Å². The highest BCUT2D eigenvalue weighted by Crippen LogP contribution is 2.20. The van der Waals surface area contributed by atoms with E-state index in [0.29, 0.717) is 6.10 Å². The summed E-state index contributed by atoms with van der Waals surface area (Å²) in [6.45, 7) is 0. The van der Waals surface area contributed by atoms with Crippen LogP contribution in [0, 0.1) is 0 Å². The van der Waals surface area contributed by atoms with E-state index < -0.39 is 0 Å². The van der Waals surface area contributed by atoms with E-state index in [0.717, 1.165) is 17.3 Å². The maximum Gasteiger partial charge on any atom is 0.157 e. The summed E-state index contributed by atoms with van der Waals surface area (Å²) >= 11 is 2.34. The molecule has 1 fully saturated rings. The molecule has 0 aromatic rings. The van der Waals surface area contributed by atoms with Crippen LogP contribution in [-0.4, -0.2) is 23.9 Å². The monoisotopic (exact) mass is 242 g/mol. The molecule has 0 unspecified atom stereocenters. The van der Waals surface area contributed by atoms with Gasteiger partial charge in [0.1, 0.15) is 0 Å². The molecule has 0 amide bonds. The highest BCUT2D eigenvalue weighted by molar-refractivity contribution is 14.1. The first-order chi connectivity index (χ1) is 4.36. The molecular weight excluding hydrogens is 231 g/mol. The number of rotatable bonds is 2. The van der Waals surface area contributed by atoms with Gasteiger partial charge in [-0.05, 0) is 6.42 Å². The minimum Gasteiger partial charge on any atom is -0.356 e. The van der Waals surface area contributed by atoms with Gasteiger partial charge in [0, 0.05) is 18.0 Å². The molecule has 3 heteroatoms. The van der Waals surface area contributed by atoms with Crippen LogP contribution in [0.5, 0.6) is 0 Å². The van der Waals surface area contributed by atoms with E-state index in [1.54, 1.807) is 7.11 Å². The molecule has 0 radical (unpaired) electrons. The first-order valence-electron chi connectivity index (χ1n) is 3.11. The van der Waals surface area contributed by atoms with Gasteiger partial charge in [0.2, 0.25) is 0 Å². The summed E-state index contributed by atoms with van der Waals surface area (Å²) in [4.78, 5) is 0. The number of halogens is 1. The quantitative estimate of drug-likeness (QED) is 0.540. The third kappa shape index (κ3) is 2.05. The van der Waals surface area contributed by atoms with Crippen LogP contribution in [0.3, 0.4) is 0 Å². The first-order valence-corrected chi connectivity index (χ1v) is 4.63. The lowest BCUT2D eigenvalue weighted by atomic mass is 10.3. The van der Waals surface area contributed by atoms with Crippen LogP contribution < -0.4 is 0 Å². The van der Waals surface area contributed by atoms with Crippen LogP contribution in [0.15, 0.2) is 0 Å². The second kappa shape index (κ2) is 3.73. The summed E-state index contributed by atoms with van der Waals surface area (Å²) in [6.07, 6.45) is 2.73. The summed E-state index contributed by atoms with van der Waals surface area (Å²) in [5.41, 5.74) is 0. The van der Waals surface area contributed by atoms with E-state index in [9.17, 15) is 0 Å². The van der Waals surface area contributed by atoms with Gasteiger partial charge in [0.25, 0.3) is 0 Å². The molecule has 54 valence electrons. The zero-order chi connectivity index (χ0) is 6.69. The molecule has 1 saturated heterocycles. The Morgan fingerprint density at radius 2 is 2.44 bits per heavy atom. The molecule has 0 aromatic carbocycles. The van der Waals surface area contributed by atoms with Gasteiger partial charge >= 0.3 is 0 Å². The van der Waals surface area contributed by atoms with Gasteiger partial charge in [-0.25, -0.2) is 0 Å². The standard InChI is InChI=1S/C6H11IO2/c1-8-6-3-2-5(4-7)9-6/h5-6H,2-4H2,1H3/t5-,6+/m0/s1. The molecule has 0 saturated carbocycles. The van der Waals surface area contributed by atoms with Crippen molar-refractivity contribution in [3.05, 3.63) is 0 Å². The number of alkyl halides is 1. The van der Waals surface area contributed by atoms with Crippen molar-refractivity contribution in [2.45, 2.75) is 25.2 Å². The summed E-state index contributed by atoms with van der Waals surface area (Å²) < 4.78 is 11.5. The highest BCUT2D eigenvalue weighted by Gasteiger charge is 2.23. The second-order valence-electron chi connectivity index (χ2n) is 2.16. The lowest BCUT2D eigenvalue weighted by Crippen LogP contribution is -2.12. The van der Waals surface area contributed by atoms with E-state index in [2.05, 4.69) is 22.6 Å². The molecule has 0 aromatic heterocycles. The van der Waals surface area contributed by atoms with Gasteiger partial charge in [-0.15, -0.1) is 0 Å².